The molecule has 0 aliphatic carbocycles. The van der Waals surface area contributed by atoms with Crippen molar-refractivity contribution in [1.29, 1.82) is 0 Å². The summed E-state index contributed by atoms with van der Waals surface area (Å²) in [6.45, 7) is 0. The molecule has 16 heavy (non-hydrogen) atoms. The predicted molar refractivity (Wildman–Crippen MR) is 58.3 cm³/mol. The Labute approximate surface area is 92.0 Å². The van der Waals surface area contributed by atoms with Gasteiger partial charge in [0.05, 0.1) is 23.5 Å². The Balaban J connectivity index is 2.88. The monoisotopic (exact) mass is 219 g/mol. The van der Waals surface area contributed by atoms with Gasteiger partial charge < -0.3 is 4.74 Å². The van der Waals surface area contributed by atoms with Gasteiger partial charge in [0.2, 0.25) is 0 Å². The molecule has 1 heterocycles. The van der Waals surface area contributed by atoms with Crippen LogP contribution in [0.1, 0.15) is 0 Å². The molecule has 0 aliphatic rings. The molecular formula is C11H11N2O3+. The second-order valence-corrected chi connectivity index (χ2v) is 3.46. The third kappa shape index (κ3) is 1.56. The number of aromatic nitrogens is 1. The molecule has 0 radical (unpaired) electrons. The quantitative estimate of drug-likeness (QED) is 0.437. The van der Waals surface area contributed by atoms with Crippen molar-refractivity contribution in [3.05, 3.63) is 40.6 Å². The molecule has 0 bridgehead atoms. The summed E-state index contributed by atoms with van der Waals surface area (Å²) in [4.78, 5) is 10.6. The lowest BCUT2D eigenvalue weighted by Gasteiger charge is -2.02. The van der Waals surface area contributed by atoms with E-state index in [1.165, 1.54) is 13.2 Å². The zero-order valence-corrected chi connectivity index (χ0v) is 9.01. The number of pyridine rings is 1. The van der Waals surface area contributed by atoms with Gasteiger partial charge in [-0.25, -0.2) is 0 Å². The highest BCUT2D eigenvalue weighted by Gasteiger charge is 2.21. The summed E-state index contributed by atoms with van der Waals surface area (Å²) in [6, 6.07) is 6.88. The Hall–Kier alpha value is -2.17. The Bertz CT molecular complexity index is 566. The molecule has 0 fully saturated rings. The van der Waals surface area contributed by atoms with Crippen LogP contribution in [0.2, 0.25) is 0 Å². The first-order valence-electron chi connectivity index (χ1n) is 4.74. The average molecular weight is 219 g/mol. The summed E-state index contributed by atoms with van der Waals surface area (Å²) < 4.78 is 6.77. The minimum atomic E-state index is -0.398. The molecule has 82 valence electrons. The van der Waals surface area contributed by atoms with Gasteiger partial charge in [0, 0.05) is 6.07 Å². The van der Waals surface area contributed by atoms with Gasteiger partial charge in [-0.1, -0.05) is 0 Å². The van der Waals surface area contributed by atoms with Crippen molar-refractivity contribution in [1.82, 2.24) is 0 Å². The van der Waals surface area contributed by atoms with Crippen LogP contribution in [0, 0.1) is 10.1 Å². The van der Waals surface area contributed by atoms with Crippen molar-refractivity contribution in [2.24, 2.45) is 7.05 Å². The first-order chi connectivity index (χ1) is 7.63. The fourth-order valence-corrected chi connectivity index (χ4v) is 1.73. The number of hydrogen-bond acceptors (Lipinski definition) is 3. The Kier molecular flexibility index (Phi) is 2.44. The van der Waals surface area contributed by atoms with Gasteiger partial charge in [-0.3, -0.25) is 10.1 Å². The maximum Gasteiger partial charge on any atom is 0.344 e. The zero-order chi connectivity index (χ0) is 11.7. The number of rotatable bonds is 2. The first kappa shape index (κ1) is 10.4. The lowest BCUT2D eigenvalue weighted by Crippen LogP contribution is -2.28. The van der Waals surface area contributed by atoms with Crippen LogP contribution in [-0.4, -0.2) is 12.0 Å². The summed E-state index contributed by atoms with van der Waals surface area (Å²) >= 11 is 0. The van der Waals surface area contributed by atoms with E-state index in [2.05, 4.69) is 0 Å². The highest BCUT2D eigenvalue weighted by Crippen LogP contribution is 2.28. The number of aryl methyl sites for hydroxylation is 1. The first-order valence-corrected chi connectivity index (χ1v) is 4.74. The van der Waals surface area contributed by atoms with E-state index in [0.717, 1.165) is 5.39 Å². The lowest BCUT2D eigenvalue weighted by molar-refractivity contribution is -0.646. The zero-order valence-electron chi connectivity index (χ0n) is 9.01. The molecule has 1 aromatic heterocycles. The number of non-ortho nitro benzene ring substituents is 1. The fraction of sp³-hybridized carbons (Fsp3) is 0.182. The summed E-state index contributed by atoms with van der Waals surface area (Å²) in [6.07, 6.45) is 1.78. The number of fused-ring (bicyclic) bond motifs is 1. The Morgan fingerprint density at radius 2 is 2.19 bits per heavy atom. The molecule has 2 aromatic rings. The molecule has 0 unspecified atom stereocenters. The second-order valence-electron chi connectivity index (χ2n) is 3.46. The number of benzene rings is 1. The number of nitrogens with zero attached hydrogens (tertiary/aromatic N) is 2. The summed E-state index contributed by atoms with van der Waals surface area (Å²) in [5.74, 6) is 0.491. The summed E-state index contributed by atoms with van der Waals surface area (Å²) in [5, 5.41) is 11.8. The van der Waals surface area contributed by atoms with Gasteiger partial charge in [0.25, 0.3) is 5.52 Å². The highest BCUT2D eigenvalue weighted by atomic mass is 16.6. The molecule has 1 aromatic carbocycles. The van der Waals surface area contributed by atoms with E-state index in [1.54, 1.807) is 23.9 Å². The van der Waals surface area contributed by atoms with E-state index in [-0.39, 0.29) is 5.69 Å². The highest BCUT2D eigenvalue weighted by molar-refractivity contribution is 5.85. The van der Waals surface area contributed by atoms with E-state index < -0.39 is 4.92 Å². The van der Waals surface area contributed by atoms with Gasteiger partial charge in [-0.05, 0) is 12.1 Å². The number of nitro benzene ring substituents is 1. The fourth-order valence-electron chi connectivity index (χ4n) is 1.73. The average Bonchev–Trinajstić information content (AvgIpc) is 2.27. The molecular weight excluding hydrogens is 208 g/mol. The standard InChI is InChI=1S/C11H11N2O3/c1-12-5-3-4-8-6-9(16-2)7-10(11(8)12)13(14)15/h3-7H,1-2H3/q+1. The van der Waals surface area contributed by atoms with Crippen LogP contribution in [-0.2, 0) is 7.05 Å². The van der Waals surface area contributed by atoms with Gasteiger partial charge in [-0.2, -0.15) is 4.57 Å². The van der Waals surface area contributed by atoms with E-state index >= 15 is 0 Å². The van der Waals surface area contributed by atoms with E-state index in [1.807, 2.05) is 12.1 Å². The normalized spacial score (nSPS) is 10.4. The topological polar surface area (TPSA) is 56.3 Å². The summed E-state index contributed by atoms with van der Waals surface area (Å²) in [7, 11) is 3.27. The summed E-state index contributed by atoms with van der Waals surface area (Å²) in [5.41, 5.74) is 0.644. The van der Waals surface area contributed by atoms with Gasteiger partial charge in [-0.15, -0.1) is 0 Å². The lowest BCUT2D eigenvalue weighted by atomic mass is 10.1. The third-order valence-corrected chi connectivity index (χ3v) is 2.46. The van der Waals surface area contributed by atoms with Crippen LogP contribution >= 0.6 is 0 Å². The van der Waals surface area contributed by atoms with Crippen LogP contribution in [0.25, 0.3) is 10.9 Å². The minimum absolute atomic E-state index is 0.0532. The molecule has 0 amide bonds. The molecule has 0 atom stereocenters. The molecule has 0 saturated heterocycles. The molecule has 2 rings (SSSR count). The van der Waals surface area contributed by atoms with E-state index in [0.29, 0.717) is 11.3 Å². The van der Waals surface area contributed by atoms with Crippen molar-refractivity contribution in [3.8, 4) is 5.75 Å². The molecule has 5 nitrogen and oxygen atoms in total. The number of nitro groups is 1. The number of methoxy groups -OCH3 is 1. The number of hydrogen-bond donors (Lipinski definition) is 0. The second kappa shape index (κ2) is 3.77. The molecule has 0 spiro atoms. The minimum Gasteiger partial charge on any atom is -0.496 e. The van der Waals surface area contributed by atoms with Crippen LogP contribution in [0.4, 0.5) is 5.69 Å². The smallest absolute Gasteiger partial charge is 0.344 e. The SMILES string of the molecule is COc1cc([N+](=O)[O-])c2c(ccc[n+]2C)c1. The molecule has 0 N–H and O–H groups in total. The number of ether oxygens (including phenoxy) is 1. The maximum atomic E-state index is 11.0. The van der Waals surface area contributed by atoms with Crippen molar-refractivity contribution >= 4 is 16.6 Å². The van der Waals surface area contributed by atoms with E-state index in [4.69, 9.17) is 4.74 Å². The largest absolute Gasteiger partial charge is 0.496 e. The van der Waals surface area contributed by atoms with Crippen molar-refractivity contribution in [3.63, 3.8) is 0 Å². The molecule has 5 heteroatoms. The van der Waals surface area contributed by atoms with Gasteiger partial charge >= 0.3 is 5.69 Å². The van der Waals surface area contributed by atoms with Gasteiger partial charge in [0.15, 0.2) is 6.20 Å². The third-order valence-electron chi connectivity index (χ3n) is 2.46. The maximum absolute atomic E-state index is 11.0. The van der Waals surface area contributed by atoms with Crippen LogP contribution in [0.15, 0.2) is 30.5 Å². The van der Waals surface area contributed by atoms with Crippen LogP contribution in [0.5, 0.6) is 5.75 Å². The van der Waals surface area contributed by atoms with Crippen molar-refractivity contribution in [2.45, 2.75) is 0 Å². The Morgan fingerprint density at radius 1 is 1.44 bits per heavy atom. The van der Waals surface area contributed by atoms with Crippen LogP contribution < -0.4 is 9.30 Å². The molecule has 0 saturated carbocycles. The Morgan fingerprint density at radius 3 is 2.81 bits per heavy atom. The molecule has 0 aliphatic heterocycles. The van der Waals surface area contributed by atoms with E-state index in [9.17, 15) is 10.1 Å². The van der Waals surface area contributed by atoms with Crippen molar-refractivity contribution < 1.29 is 14.2 Å². The predicted octanol–water partition coefficient (Wildman–Crippen LogP) is 1.58. The van der Waals surface area contributed by atoms with Crippen molar-refractivity contribution in [2.75, 3.05) is 7.11 Å². The van der Waals surface area contributed by atoms with Crippen LogP contribution in [0.3, 0.4) is 0 Å². The van der Waals surface area contributed by atoms with Gasteiger partial charge in [0.1, 0.15) is 12.8 Å².